The van der Waals surface area contributed by atoms with Gasteiger partial charge in [-0.05, 0) is 31.7 Å². The number of fused-ring (bicyclic) bond motifs is 1. The maximum atomic E-state index is 6.68. The standard InChI is InChI=1S/C15H21N3/c1-11-4-3-5-13(8-11)15(16)7-6-14-12(9-15)10-18(2)17-14/h3-5,8,12H,6-7,9-10,16H2,1-2H3. The van der Waals surface area contributed by atoms with Crippen molar-refractivity contribution in [1.82, 2.24) is 5.01 Å². The predicted molar refractivity (Wildman–Crippen MR) is 74.5 cm³/mol. The van der Waals surface area contributed by atoms with Crippen LogP contribution in [0.15, 0.2) is 29.4 Å². The van der Waals surface area contributed by atoms with E-state index in [4.69, 9.17) is 5.73 Å². The first-order valence-electron chi connectivity index (χ1n) is 6.71. The highest BCUT2D eigenvalue weighted by atomic mass is 15.5. The van der Waals surface area contributed by atoms with Gasteiger partial charge >= 0.3 is 0 Å². The van der Waals surface area contributed by atoms with Gasteiger partial charge in [0.05, 0.1) is 0 Å². The van der Waals surface area contributed by atoms with Crippen LogP contribution in [0.2, 0.25) is 0 Å². The van der Waals surface area contributed by atoms with Gasteiger partial charge in [-0.15, -0.1) is 0 Å². The number of hydrogen-bond acceptors (Lipinski definition) is 3. The summed E-state index contributed by atoms with van der Waals surface area (Å²) >= 11 is 0. The van der Waals surface area contributed by atoms with Crippen molar-refractivity contribution in [3.8, 4) is 0 Å². The number of hydrogen-bond donors (Lipinski definition) is 1. The second kappa shape index (κ2) is 4.09. The molecule has 2 atom stereocenters. The lowest BCUT2D eigenvalue weighted by atomic mass is 9.72. The van der Waals surface area contributed by atoms with Gasteiger partial charge in [-0.25, -0.2) is 0 Å². The Balaban J connectivity index is 1.87. The van der Waals surface area contributed by atoms with Crippen molar-refractivity contribution in [3.63, 3.8) is 0 Å². The minimum atomic E-state index is -0.166. The summed E-state index contributed by atoms with van der Waals surface area (Å²) in [5.41, 5.74) is 10.4. The normalized spacial score (nSPS) is 31.2. The molecule has 0 amide bonds. The van der Waals surface area contributed by atoms with Crippen molar-refractivity contribution in [2.24, 2.45) is 16.8 Å². The summed E-state index contributed by atoms with van der Waals surface area (Å²) in [6, 6.07) is 8.66. The van der Waals surface area contributed by atoms with Crippen LogP contribution in [0.1, 0.15) is 30.4 Å². The molecule has 1 saturated carbocycles. The first-order valence-corrected chi connectivity index (χ1v) is 6.71. The zero-order valence-corrected chi connectivity index (χ0v) is 11.2. The Kier molecular flexibility index (Phi) is 2.67. The highest BCUT2D eigenvalue weighted by molar-refractivity contribution is 5.89. The molecule has 0 radical (unpaired) electrons. The topological polar surface area (TPSA) is 41.6 Å². The molecular weight excluding hydrogens is 222 g/mol. The van der Waals surface area contributed by atoms with E-state index in [2.05, 4.69) is 48.3 Å². The molecule has 1 heterocycles. The maximum absolute atomic E-state index is 6.68. The van der Waals surface area contributed by atoms with Crippen LogP contribution in [-0.4, -0.2) is 24.3 Å². The fourth-order valence-electron chi connectivity index (χ4n) is 3.31. The molecule has 0 saturated heterocycles. The van der Waals surface area contributed by atoms with Gasteiger partial charge in [-0.3, -0.25) is 5.01 Å². The van der Waals surface area contributed by atoms with Gasteiger partial charge < -0.3 is 5.73 Å². The van der Waals surface area contributed by atoms with Gasteiger partial charge in [-0.2, -0.15) is 5.10 Å². The van der Waals surface area contributed by atoms with Gasteiger partial charge in [0.1, 0.15) is 0 Å². The van der Waals surface area contributed by atoms with E-state index in [0.717, 1.165) is 25.8 Å². The first kappa shape index (κ1) is 11.7. The summed E-state index contributed by atoms with van der Waals surface area (Å²) in [5, 5.41) is 6.64. The quantitative estimate of drug-likeness (QED) is 0.822. The Bertz CT molecular complexity index is 494. The molecule has 3 rings (SSSR count). The summed E-state index contributed by atoms with van der Waals surface area (Å²) in [6.45, 7) is 3.16. The number of aryl methyl sites for hydroxylation is 1. The van der Waals surface area contributed by atoms with E-state index >= 15 is 0 Å². The Labute approximate surface area is 109 Å². The van der Waals surface area contributed by atoms with Crippen molar-refractivity contribution in [1.29, 1.82) is 0 Å². The molecule has 1 aromatic carbocycles. The number of nitrogens with zero attached hydrogens (tertiary/aromatic N) is 2. The van der Waals surface area contributed by atoms with Crippen molar-refractivity contribution in [2.45, 2.75) is 31.7 Å². The lowest BCUT2D eigenvalue weighted by Gasteiger charge is -2.37. The summed E-state index contributed by atoms with van der Waals surface area (Å²) < 4.78 is 0. The molecule has 18 heavy (non-hydrogen) atoms. The molecule has 3 heteroatoms. The third kappa shape index (κ3) is 1.93. The monoisotopic (exact) mass is 243 g/mol. The lowest BCUT2D eigenvalue weighted by molar-refractivity contribution is 0.287. The second-order valence-electron chi connectivity index (χ2n) is 5.86. The largest absolute Gasteiger partial charge is 0.321 e. The van der Waals surface area contributed by atoms with Crippen molar-refractivity contribution < 1.29 is 0 Å². The first-order chi connectivity index (χ1) is 8.57. The Hall–Kier alpha value is -1.35. The van der Waals surface area contributed by atoms with Gasteiger partial charge in [0.2, 0.25) is 0 Å². The summed E-state index contributed by atoms with van der Waals surface area (Å²) in [4.78, 5) is 0. The highest BCUT2D eigenvalue weighted by Gasteiger charge is 2.40. The van der Waals surface area contributed by atoms with Crippen LogP contribution in [0.25, 0.3) is 0 Å². The zero-order chi connectivity index (χ0) is 12.8. The highest BCUT2D eigenvalue weighted by Crippen LogP contribution is 2.39. The molecule has 2 aliphatic rings. The van der Waals surface area contributed by atoms with E-state index in [-0.39, 0.29) is 5.54 Å². The number of nitrogens with two attached hydrogens (primary N) is 1. The Morgan fingerprint density at radius 1 is 1.44 bits per heavy atom. The lowest BCUT2D eigenvalue weighted by Crippen LogP contribution is -2.44. The third-order valence-electron chi connectivity index (χ3n) is 4.29. The fraction of sp³-hybridized carbons (Fsp3) is 0.533. The van der Waals surface area contributed by atoms with Crippen LogP contribution < -0.4 is 5.73 Å². The van der Waals surface area contributed by atoms with Crippen LogP contribution in [-0.2, 0) is 5.54 Å². The Morgan fingerprint density at radius 2 is 2.28 bits per heavy atom. The molecule has 0 aromatic heterocycles. The van der Waals surface area contributed by atoms with Crippen molar-refractivity contribution in [2.75, 3.05) is 13.6 Å². The van der Waals surface area contributed by atoms with E-state index in [1.165, 1.54) is 16.8 Å². The van der Waals surface area contributed by atoms with Gasteiger partial charge in [0, 0.05) is 30.8 Å². The smallest absolute Gasteiger partial charge is 0.0439 e. The molecule has 1 aromatic rings. The number of rotatable bonds is 1. The minimum Gasteiger partial charge on any atom is -0.321 e. The SMILES string of the molecule is Cc1cccc(C2(N)CCC3=NN(C)CC3C2)c1. The van der Waals surface area contributed by atoms with Gasteiger partial charge in [0.15, 0.2) is 0 Å². The molecule has 1 fully saturated rings. The van der Waals surface area contributed by atoms with Gasteiger partial charge in [0.25, 0.3) is 0 Å². The molecular formula is C15H21N3. The molecule has 96 valence electrons. The van der Waals surface area contributed by atoms with Gasteiger partial charge in [-0.1, -0.05) is 29.8 Å². The van der Waals surface area contributed by atoms with E-state index in [1.807, 2.05) is 0 Å². The fourth-order valence-corrected chi connectivity index (χ4v) is 3.31. The van der Waals surface area contributed by atoms with E-state index in [1.54, 1.807) is 0 Å². The summed E-state index contributed by atoms with van der Waals surface area (Å²) in [6.07, 6.45) is 3.08. The van der Waals surface area contributed by atoms with Crippen LogP contribution in [0.3, 0.4) is 0 Å². The van der Waals surface area contributed by atoms with Crippen LogP contribution >= 0.6 is 0 Å². The predicted octanol–water partition coefficient (Wildman–Crippen LogP) is 2.25. The molecule has 2 N–H and O–H groups in total. The Morgan fingerprint density at radius 3 is 3.06 bits per heavy atom. The number of benzene rings is 1. The average molecular weight is 243 g/mol. The van der Waals surface area contributed by atoms with Crippen molar-refractivity contribution >= 4 is 5.71 Å². The average Bonchev–Trinajstić information content (AvgIpc) is 2.68. The maximum Gasteiger partial charge on any atom is 0.0439 e. The number of hydrazone groups is 1. The third-order valence-corrected chi connectivity index (χ3v) is 4.29. The van der Waals surface area contributed by atoms with E-state index in [0.29, 0.717) is 5.92 Å². The van der Waals surface area contributed by atoms with Crippen LogP contribution in [0.5, 0.6) is 0 Å². The summed E-state index contributed by atoms with van der Waals surface area (Å²) in [7, 11) is 2.05. The van der Waals surface area contributed by atoms with Crippen LogP contribution in [0.4, 0.5) is 0 Å². The summed E-state index contributed by atoms with van der Waals surface area (Å²) in [5.74, 6) is 0.550. The van der Waals surface area contributed by atoms with Crippen LogP contribution in [0, 0.1) is 12.8 Å². The van der Waals surface area contributed by atoms with E-state index in [9.17, 15) is 0 Å². The molecule has 1 aliphatic heterocycles. The molecule has 3 nitrogen and oxygen atoms in total. The molecule has 0 bridgehead atoms. The van der Waals surface area contributed by atoms with Crippen molar-refractivity contribution in [3.05, 3.63) is 35.4 Å². The minimum absolute atomic E-state index is 0.166. The van der Waals surface area contributed by atoms with E-state index < -0.39 is 0 Å². The second-order valence-corrected chi connectivity index (χ2v) is 5.86. The molecule has 1 aliphatic carbocycles. The molecule has 2 unspecified atom stereocenters. The molecule has 0 spiro atoms. The zero-order valence-electron chi connectivity index (χ0n) is 11.2.